The Morgan fingerprint density at radius 3 is 2.50 bits per heavy atom. The third kappa shape index (κ3) is 5.00. The largest absolute Gasteiger partial charge is 0.356 e. The van der Waals surface area contributed by atoms with Crippen molar-refractivity contribution in [2.75, 3.05) is 0 Å². The molecule has 28 heavy (non-hydrogen) atoms. The fourth-order valence-electron chi connectivity index (χ4n) is 3.14. The first-order valence-corrected chi connectivity index (χ1v) is 9.55. The molecule has 0 bridgehead atoms. The molecule has 146 valence electrons. The van der Waals surface area contributed by atoms with Gasteiger partial charge in [-0.25, -0.2) is 4.79 Å². The Kier molecular flexibility index (Phi) is 6.14. The summed E-state index contributed by atoms with van der Waals surface area (Å²) in [5.41, 5.74) is 5.16. The highest BCUT2D eigenvalue weighted by atomic mass is 16.5. The van der Waals surface area contributed by atoms with Crippen LogP contribution >= 0.6 is 0 Å². The first-order chi connectivity index (χ1) is 13.4. The van der Waals surface area contributed by atoms with Gasteiger partial charge in [0.05, 0.1) is 6.54 Å². The fourth-order valence-corrected chi connectivity index (χ4v) is 3.14. The van der Waals surface area contributed by atoms with E-state index in [-0.39, 0.29) is 12.1 Å². The SMILES string of the molecule is Cc1ccc(-c2cc(CN(Cc3ccccc3)C(=O)NC(C)C)no2)c(C)c1. The minimum atomic E-state index is -0.116. The van der Waals surface area contributed by atoms with Crippen molar-refractivity contribution in [3.8, 4) is 11.3 Å². The molecule has 1 aromatic heterocycles. The Balaban J connectivity index is 1.80. The van der Waals surface area contributed by atoms with Crippen LogP contribution in [0.2, 0.25) is 0 Å². The number of nitrogens with one attached hydrogen (secondary N) is 1. The summed E-state index contributed by atoms with van der Waals surface area (Å²) in [7, 11) is 0. The number of urea groups is 1. The molecule has 5 nitrogen and oxygen atoms in total. The number of aryl methyl sites for hydroxylation is 2. The predicted octanol–water partition coefficient (Wildman–Crippen LogP) is 5.08. The van der Waals surface area contributed by atoms with Gasteiger partial charge in [-0.2, -0.15) is 0 Å². The Morgan fingerprint density at radius 2 is 1.82 bits per heavy atom. The van der Waals surface area contributed by atoms with E-state index in [1.54, 1.807) is 4.90 Å². The molecule has 2 aromatic carbocycles. The topological polar surface area (TPSA) is 58.4 Å². The van der Waals surface area contributed by atoms with Crippen LogP contribution < -0.4 is 5.32 Å². The summed E-state index contributed by atoms with van der Waals surface area (Å²) in [4.78, 5) is 14.4. The second-order valence-electron chi connectivity index (χ2n) is 7.45. The monoisotopic (exact) mass is 377 g/mol. The number of nitrogens with zero attached hydrogens (tertiary/aromatic N) is 2. The average Bonchev–Trinajstić information content (AvgIpc) is 3.09. The van der Waals surface area contributed by atoms with E-state index < -0.39 is 0 Å². The van der Waals surface area contributed by atoms with E-state index in [1.807, 2.05) is 56.3 Å². The van der Waals surface area contributed by atoms with Crippen molar-refractivity contribution in [1.29, 1.82) is 0 Å². The van der Waals surface area contributed by atoms with Gasteiger partial charge in [-0.15, -0.1) is 0 Å². The quantitative estimate of drug-likeness (QED) is 0.652. The number of hydrogen-bond acceptors (Lipinski definition) is 3. The molecule has 5 heteroatoms. The zero-order valence-corrected chi connectivity index (χ0v) is 16.9. The standard InChI is InChI=1S/C23H27N3O2/c1-16(2)24-23(27)26(14-19-8-6-5-7-9-19)15-20-13-22(28-25-20)21-11-10-17(3)12-18(21)4/h5-13,16H,14-15H2,1-4H3,(H,24,27). The molecule has 0 aliphatic carbocycles. The zero-order chi connectivity index (χ0) is 20.1. The number of carbonyl (C=O) groups is 1. The molecule has 0 fully saturated rings. The van der Waals surface area contributed by atoms with Crippen molar-refractivity contribution in [3.05, 3.63) is 77.0 Å². The lowest BCUT2D eigenvalue weighted by Gasteiger charge is -2.23. The van der Waals surface area contributed by atoms with Crippen LogP contribution in [0.1, 0.15) is 36.2 Å². The lowest BCUT2D eigenvalue weighted by molar-refractivity contribution is 0.188. The molecule has 2 amide bonds. The van der Waals surface area contributed by atoms with Gasteiger partial charge in [0, 0.05) is 24.2 Å². The number of hydrogen-bond donors (Lipinski definition) is 1. The summed E-state index contributed by atoms with van der Waals surface area (Å²) in [5.74, 6) is 0.719. The minimum absolute atomic E-state index is 0.0638. The van der Waals surface area contributed by atoms with Gasteiger partial charge >= 0.3 is 6.03 Å². The van der Waals surface area contributed by atoms with Gasteiger partial charge < -0.3 is 14.7 Å². The molecular weight excluding hydrogens is 350 g/mol. The van der Waals surface area contributed by atoms with E-state index in [1.165, 1.54) is 5.56 Å². The lowest BCUT2D eigenvalue weighted by Crippen LogP contribution is -2.42. The summed E-state index contributed by atoms with van der Waals surface area (Å²) >= 11 is 0. The third-order valence-electron chi connectivity index (χ3n) is 4.47. The van der Waals surface area contributed by atoms with Gasteiger partial charge in [0.15, 0.2) is 5.76 Å². The molecule has 0 aliphatic rings. The second kappa shape index (κ2) is 8.74. The third-order valence-corrected chi connectivity index (χ3v) is 4.47. The number of aromatic nitrogens is 1. The van der Waals surface area contributed by atoms with Crippen LogP contribution in [0.4, 0.5) is 4.79 Å². The summed E-state index contributed by atoms with van der Waals surface area (Å²) in [6, 6.07) is 18.0. The van der Waals surface area contributed by atoms with Crippen molar-refractivity contribution in [2.45, 2.75) is 46.8 Å². The Morgan fingerprint density at radius 1 is 1.07 bits per heavy atom. The molecule has 0 saturated carbocycles. The molecule has 0 radical (unpaired) electrons. The highest BCUT2D eigenvalue weighted by Crippen LogP contribution is 2.25. The van der Waals surface area contributed by atoms with Gasteiger partial charge in [-0.05, 0) is 38.8 Å². The molecule has 0 unspecified atom stereocenters. The molecule has 0 aliphatic heterocycles. The fraction of sp³-hybridized carbons (Fsp3) is 0.304. The van der Waals surface area contributed by atoms with Crippen molar-refractivity contribution in [3.63, 3.8) is 0 Å². The van der Waals surface area contributed by atoms with E-state index in [4.69, 9.17) is 4.52 Å². The summed E-state index contributed by atoms with van der Waals surface area (Å²) < 4.78 is 5.57. The second-order valence-corrected chi connectivity index (χ2v) is 7.45. The van der Waals surface area contributed by atoms with Gasteiger partial charge in [-0.1, -0.05) is 59.3 Å². The van der Waals surface area contributed by atoms with Crippen LogP contribution in [0.3, 0.4) is 0 Å². The minimum Gasteiger partial charge on any atom is -0.356 e. The number of benzene rings is 2. The predicted molar refractivity (Wildman–Crippen MR) is 111 cm³/mol. The van der Waals surface area contributed by atoms with Crippen molar-refractivity contribution in [2.24, 2.45) is 0 Å². The van der Waals surface area contributed by atoms with E-state index in [0.717, 1.165) is 28.1 Å². The average molecular weight is 377 g/mol. The normalized spacial score (nSPS) is 10.9. The van der Waals surface area contributed by atoms with Gasteiger partial charge in [-0.3, -0.25) is 0 Å². The van der Waals surface area contributed by atoms with Crippen LogP contribution in [-0.4, -0.2) is 22.1 Å². The number of amides is 2. The first-order valence-electron chi connectivity index (χ1n) is 9.55. The summed E-state index contributed by atoms with van der Waals surface area (Å²) in [6.07, 6.45) is 0. The molecular formula is C23H27N3O2. The van der Waals surface area contributed by atoms with Crippen LogP contribution in [0.25, 0.3) is 11.3 Å². The maximum Gasteiger partial charge on any atom is 0.318 e. The van der Waals surface area contributed by atoms with Crippen LogP contribution in [0.15, 0.2) is 59.1 Å². The van der Waals surface area contributed by atoms with E-state index in [0.29, 0.717) is 13.1 Å². The number of rotatable bonds is 6. The van der Waals surface area contributed by atoms with Crippen LogP contribution in [0.5, 0.6) is 0 Å². The maximum absolute atomic E-state index is 12.7. The molecule has 0 spiro atoms. The molecule has 3 rings (SSSR count). The van der Waals surface area contributed by atoms with E-state index >= 15 is 0 Å². The molecule has 1 N–H and O–H groups in total. The van der Waals surface area contributed by atoms with Crippen molar-refractivity contribution >= 4 is 6.03 Å². The number of carbonyl (C=O) groups excluding carboxylic acids is 1. The van der Waals surface area contributed by atoms with Gasteiger partial charge in [0.25, 0.3) is 0 Å². The molecule has 3 aromatic rings. The maximum atomic E-state index is 12.7. The lowest BCUT2D eigenvalue weighted by atomic mass is 10.0. The highest BCUT2D eigenvalue weighted by molar-refractivity contribution is 5.74. The van der Waals surface area contributed by atoms with Crippen molar-refractivity contribution in [1.82, 2.24) is 15.4 Å². The van der Waals surface area contributed by atoms with Crippen LogP contribution in [-0.2, 0) is 13.1 Å². The van der Waals surface area contributed by atoms with Gasteiger partial charge in [0.1, 0.15) is 5.69 Å². The van der Waals surface area contributed by atoms with Gasteiger partial charge in [0.2, 0.25) is 0 Å². The molecule has 1 heterocycles. The van der Waals surface area contributed by atoms with E-state index in [2.05, 4.69) is 36.5 Å². The highest BCUT2D eigenvalue weighted by Gasteiger charge is 2.18. The first kappa shape index (κ1) is 19.7. The van der Waals surface area contributed by atoms with E-state index in [9.17, 15) is 4.79 Å². The summed E-state index contributed by atoms with van der Waals surface area (Å²) in [6.45, 7) is 8.91. The van der Waals surface area contributed by atoms with Crippen LogP contribution in [0, 0.1) is 13.8 Å². The molecule has 0 atom stereocenters. The summed E-state index contributed by atoms with van der Waals surface area (Å²) in [5, 5.41) is 7.17. The Hall–Kier alpha value is -3.08. The smallest absolute Gasteiger partial charge is 0.318 e. The zero-order valence-electron chi connectivity index (χ0n) is 16.9. The Bertz CT molecular complexity index is 932. The Labute approximate surface area is 166 Å². The van der Waals surface area contributed by atoms with Crippen molar-refractivity contribution < 1.29 is 9.32 Å². The molecule has 0 saturated heterocycles.